The van der Waals surface area contributed by atoms with Gasteiger partial charge in [0.05, 0.1) is 17.7 Å². The Balaban J connectivity index is 2.03. The van der Waals surface area contributed by atoms with E-state index in [1.54, 1.807) is 13.0 Å². The second kappa shape index (κ2) is 7.61. The van der Waals surface area contributed by atoms with Crippen LogP contribution in [0.3, 0.4) is 0 Å². The molecule has 1 aliphatic heterocycles. The second-order valence-electron chi connectivity index (χ2n) is 5.80. The van der Waals surface area contributed by atoms with Crippen LogP contribution in [0.25, 0.3) is 10.8 Å². The molecule has 156 valence electrons. The lowest BCUT2D eigenvalue weighted by Crippen LogP contribution is -2.44. The van der Waals surface area contributed by atoms with Crippen LogP contribution in [0.1, 0.15) is 27.6 Å². The molecule has 0 spiro atoms. The third-order valence-electron chi connectivity index (χ3n) is 3.94. The van der Waals surface area contributed by atoms with E-state index < -0.39 is 32.5 Å². The molecule has 3 rings (SSSR count). The molecule has 0 saturated heterocycles. The van der Waals surface area contributed by atoms with E-state index in [4.69, 9.17) is 9.47 Å². The largest absolute Gasteiger partial charge is 0.525 e. The van der Waals surface area contributed by atoms with Crippen LogP contribution in [0, 0.1) is 0 Å². The summed E-state index contributed by atoms with van der Waals surface area (Å²) < 4.78 is 75.0. The lowest BCUT2D eigenvalue weighted by atomic mass is 9.95. The van der Waals surface area contributed by atoms with Crippen molar-refractivity contribution in [1.82, 2.24) is 5.06 Å². The highest BCUT2D eigenvalue weighted by Gasteiger charge is 2.51. The fraction of sp³-hybridized carbons (Fsp3) is 0.294. The SMILES string of the molecule is CCOCCOc1cc2c3c(cccc3c1)C(=O)N(OS(=O)(=O)C(F)(F)F)C2=O. The topological polar surface area (TPSA) is 99.2 Å². The number of rotatable bonds is 7. The zero-order valence-electron chi connectivity index (χ0n) is 14.9. The Hall–Kier alpha value is -2.70. The van der Waals surface area contributed by atoms with Crippen molar-refractivity contribution in [2.45, 2.75) is 12.4 Å². The van der Waals surface area contributed by atoms with Crippen LogP contribution >= 0.6 is 0 Å². The minimum atomic E-state index is -6.23. The zero-order chi connectivity index (χ0) is 21.4. The van der Waals surface area contributed by atoms with Gasteiger partial charge in [0.15, 0.2) is 0 Å². The first kappa shape index (κ1) is 21.0. The molecule has 0 atom stereocenters. The highest BCUT2D eigenvalue weighted by Crippen LogP contribution is 2.35. The van der Waals surface area contributed by atoms with Crippen molar-refractivity contribution >= 4 is 32.7 Å². The molecular weight excluding hydrogens is 419 g/mol. The number of carbonyl (C=O) groups is 2. The van der Waals surface area contributed by atoms with Gasteiger partial charge in [-0.05, 0) is 30.5 Å². The fourth-order valence-corrected chi connectivity index (χ4v) is 3.13. The molecule has 0 N–H and O–H groups in total. The number of halogens is 3. The van der Waals surface area contributed by atoms with Crippen LogP contribution in [-0.4, -0.2) is 50.6 Å². The highest BCUT2D eigenvalue weighted by atomic mass is 32.2. The van der Waals surface area contributed by atoms with Crippen molar-refractivity contribution in [1.29, 1.82) is 0 Å². The smallest absolute Gasteiger partial charge is 0.491 e. The second-order valence-corrected chi connectivity index (χ2v) is 7.32. The summed E-state index contributed by atoms with van der Waals surface area (Å²) in [7, 11) is -6.23. The Morgan fingerprint density at radius 2 is 1.72 bits per heavy atom. The first-order valence-electron chi connectivity index (χ1n) is 8.24. The van der Waals surface area contributed by atoms with E-state index in [-0.39, 0.29) is 35.5 Å². The third kappa shape index (κ3) is 3.91. The standard InChI is InChI=1S/C17H14F3NO7S/c1-2-26-6-7-27-11-8-10-4-3-5-12-14(10)13(9-11)16(23)21(15(12)22)28-29(24,25)17(18,19)20/h3-5,8-9H,2,6-7H2,1H3. The minimum Gasteiger partial charge on any atom is -0.491 e. The normalized spacial score (nSPS) is 14.6. The summed E-state index contributed by atoms with van der Waals surface area (Å²) in [6.45, 7) is 2.65. The molecule has 29 heavy (non-hydrogen) atoms. The van der Waals surface area contributed by atoms with Crippen molar-refractivity contribution in [3.63, 3.8) is 0 Å². The third-order valence-corrected chi connectivity index (χ3v) is 4.85. The number of hydrogen-bond acceptors (Lipinski definition) is 7. The van der Waals surface area contributed by atoms with Gasteiger partial charge in [-0.1, -0.05) is 12.1 Å². The van der Waals surface area contributed by atoms with Gasteiger partial charge in [-0.3, -0.25) is 9.59 Å². The van der Waals surface area contributed by atoms with Crippen molar-refractivity contribution in [3.8, 4) is 5.75 Å². The van der Waals surface area contributed by atoms with Crippen molar-refractivity contribution in [2.75, 3.05) is 19.8 Å². The van der Waals surface area contributed by atoms with Crippen molar-refractivity contribution in [2.24, 2.45) is 0 Å². The first-order valence-corrected chi connectivity index (χ1v) is 9.64. The number of hydrogen-bond donors (Lipinski definition) is 0. The monoisotopic (exact) mass is 433 g/mol. The van der Waals surface area contributed by atoms with E-state index >= 15 is 0 Å². The minimum absolute atomic E-state index is 0.133. The summed E-state index contributed by atoms with van der Waals surface area (Å²) in [5, 5.41) is 0.152. The van der Waals surface area contributed by atoms with Gasteiger partial charge < -0.3 is 9.47 Å². The van der Waals surface area contributed by atoms with Crippen LogP contribution in [0.4, 0.5) is 13.2 Å². The van der Waals surface area contributed by atoms with Crippen LogP contribution in [-0.2, 0) is 19.1 Å². The first-order chi connectivity index (χ1) is 13.6. The molecule has 0 aromatic heterocycles. The van der Waals surface area contributed by atoms with E-state index in [9.17, 15) is 31.2 Å². The van der Waals surface area contributed by atoms with Crippen LogP contribution < -0.4 is 4.74 Å². The van der Waals surface area contributed by atoms with Crippen LogP contribution in [0.5, 0.6) is 5.75 Å². The molecule has 0 aliphatic carbocycles. The van der Waals surface area contributed by atoms with Crippen molar-refractivity contribution < 1.29 is 44.9 Å². The van der Waals surface area contributed by atoms with E-state index in [2.05, 4.69) is 4.28 Å². The summed E-state index contributed by atoms with van der Waals surface area (Å²) in [5.74, 6) is -2.50. The molecule has 2 amide bonds. The molecule has 2 aromatic rings. The summed E-state index contributed by atoms with van der Waals surface area (Å²) in [4.78, 5) is 25.1. The number of alkyl halides is 3. The van der Waals surface area contributed by atoms with Crippen LogP contribution in [0.15, 0.2) is 30.3 Å². The average molecular weight is 433 g/mol. The Morgan fingerprint density at radius 3 is 2.38 bits per heavy atom. The van der Waals surface area contributed by atoms with Gasteiger partial charge in [0.2, 0.25) is 0 Å². The van der Waals surface area contributed by atoms with E-state index in [0.29, 0.717) is 12.0 Å². The molecule has 0 fully saturated rings. The number of amides is 2. The number of carbonyl (C=O) groups excluding carboxylic acids is 2. The van der Waals surface area contributed by atoms with Gasteiger partial charge >= 0.3 is 15.6 Å². The molecule has 1 aliphatic rings. The molecule has 1 heterocycles. The Labute approximate surface area is 162 Å². The van der Waals surface area contributed by atoms with Gasteiger partial charge in [-0.2, -0.15) is 21.6 Å². The summed E-state index contributed by atoms with van der Waals surface area (Å²) in [6.07, 6.45) is 0. The molecule has 8 nitrogen and oxygen atoms in total. The Morgan fingerprint density at radius 1 is 1.03 bits per heavy atom. The Kier molecular flexibility index (Phi) is 5.52. The van der Waals surface area contributed by atoms with E-state index in [1.807, 2.05) is 0 Å². The molecule has 2 aromatic carbocycles. The maximum Gasteiger partial charge on any atom is 0.525 e. The van der Waals surface area contributed by atoms with E-state index in [0.717, 1.165) is 0 Å². The molecule has 0 saturated carbocycles. The Bertz CT molecular complexity index is 1080. The molecular formula is C17H14F3NO7S. The number of imide groups is 1. The zero-order valence-corrected chi connectivity index (χ0v) is 15.7. The van der Waals surface area contributed by atoms with Gasteiger partial charge in [-0.25, -0.2) is 0 Å². The average Bonchev–Trinajstić information content (AvgIpc) is 2.65. The van der Waals surface area contributed by atoms with Gasteiger partial charge in [0.1, 0.15) is 12.4 Å². The fourth-order valence-electron chi connectivity index (χ4n) is 2.71. The predicted octanol–water partition coefficient (Wildman–Crippen LogP) is 2.63. The number of nitrogens with zero attached hydrogens (tertiary/aromatic N) is 1. The number of hydroxylamine groups is 2. The molecule has 0 bridgehead atoms. The quantitative estimate of drug-likeness (QED) is 0.376. The summed E-state index contributed by atoms with van der Waals surface area (Å²) >= 11 is 0. The van der Waals surface area contributed by atoms with Gasteiger partial charge in [0.25, 0.3) is 11.8 Å². The maximum absolute atomic E-state index is 12.6. The predicted molar refractivity (Wildman–Crippen MR) is 92.5 cm³/mol. The number of ether oxygens (including phenoxy) is 2. The van der Waals surface area contributed by atoms with Crippen LogP contribution in [0.2, 0.25) is 0 Å². The lowest BCUT2D eigenvalue weighted by molar-refractivity contribution is -0.0761. The molecule has 0 radical (unpaired) electrons. The van der Waals surface area contributed by atoms with Gasteiger partial charge in [0, 0.05) is 12.0 Å². The molecule has 0 unspecified atom stereocenters. The number of benzene rings is 2. The maximum atomic E-state index is 12.6. The molecule has 12 heteroatoms. The lowest BCUT2D eigenvalue weighted by Gasteiger charge is -2.26. The van der Waals surface area contributed by atoms with Gasteiger partial charge in [-0.15, -0.1) is 9.35 Å². The summed E-state index contributed by atoms with van der Waals surface area (Å²) in [6, 6.07) is 6.98. The summed E-state index contributed by atoms with van der Waals surface area (Å²) in [5.41, 5.74) is -6.24. The van der Waals surface area contributed by atoms with E-state index in [1.165, 1.54) is 24.3 Å². The highest BCUT2D eigenvalue weighted by molar-refractivity contribution is 7.87. The van der Waals surface area contributed by atoms with Crippen molar-refractivity contribution in [3.05, 3.63) is 41.5 Å².